The maximum Gasteiger partial charge on any atom is 0.276 e. The van der Waals surface area contributed by atoms with E-state index in [4.69, 9.17) is 9.15 Å². The molecule has 2 aromatic rings. The van der Waals surface area contributed by atoms with Crippen LogP contribution >= 0.6 is 0 Å². The number of benzene rings is 1. The van der Waals surface area contributed by atoms with Gasteiger partial charge in [0.1, 0.15) is 18.1 Å². The molecule has 1 aromatic carbocycles. The Hall–Kier alpha value is -2.32. The smallest absolute Gasteiger partial charge is 0.276 e. The molecule has 1 saturated heterocycles. The van der Waals surface area contributed by atoms with Gasteiger partial charge in [0, 0.05) is 25.7 Å². The molecule has 3 rings (SSSR count). The van der Waals surface area contributed by atoms with Crippen LogP contribution in [0.25, 0.3) is 0 Å². The summed E-state index contributed by atoms with van der Waals surface area (Å²) in [6.07, 6.45) is 3.87. The predicted molar refractivity (Wildman–Crippen MR) is 100 cm³/mol. The summed E-state index contributed by atoms with van der Waals surface area (Å²) in [5.74, 6) is 0.825. The highest BCUT2D eigenvalue weighted by atomic mass is 32.2. The first kappa shape index (κ1) is 19.4. The van der Waals surface area contributed by atoms with Gasteiger partial charge in [-0.15, -0.1) is 0 Å². The van der Waals surface area contributed by atoms with Crippen LogP contribution in [0.15, 0.2) is 45.9 Å². The molecule has 8 heteroatoms. The normalized spacial score (nSPS) is 15.9. The molecule has 0 aliphatic carbocycles. The van der Waals surface area contributed by atoms with Crippen molar-refractivity contribution in [3.05, 3.63) is 47.7 Å². The van der Waals surface area contributed by atoms with Crippen molar-refractivity contribution in [1.29, 1.82) is 0 Å². The van der Waals surface area contributed by atoms with Crippen LogP contribution in [0, 0.1) is 0 Å². The lowest BCUT2D eigenvalue weighted by Crippen LogP contribution is -2.31. The lowest BCUT2D eigenvalue weighted by molar-refractivity contribution is 0.0963. The minimum absolute atomic E-state index is 0.0436. The van der Waals surface area contributed by atoms with Gasteiger partial charge in [-0.1, -0.05) is 12.8 Å². The molecule has 1 aromatic heterocycles. The quantitative estimate of drug-likeness (QED) is 0.817. The summed E-state index contributed by atoms with van der Waals surface area (Å²) in [5.41, 5.74) is 0.536. The lowest BCUT2D eigenvalue weighted by atomic mass is 10.2. The maximum atomic E-state index is 12.7. The molecule has 7 nitrogen and oxygen atoms in total. The Balaban J connectivity index is 1.63. The number of amides is 1. The van der Waals surface area contributed by atoms with E-state index in [-0.39, 0.29) is 17.6 Å². The molecular formula is C19H24N2O5S. The van der Waals surface area contributed by atoms with Crippen molar-refractivity contribution in [3.63, 3.8) is 0 Å². The molecular weight excluding hydrogens is 368 g/mol. The monoisotopic (exact) mass is 392 g/mol. The third-order valence-corrected chi connectivity index (χ3v) is 6.29. The second-order valence-electron chi connectivity index (χ2n) is 6.43. The van der Waals surface area contributed by atoms with Gasteiger partial charge in [0.05, 0.1) is 0 Å². The molecule has 1 aliphatic rings. The topological polar surface area (TPSA) is 88.8 Å². The largest absolute Gasteiger partial charge is 0.486 e. The fourth-order valence-corrected chi connectivity index (χ4v) is 4.43. The van der Waals surface area contributed by atoms with E-state index in [9.17, 15) is 13.2 Å². The van der Waals surface area contributed by atoms with E-state index in [2.05, 4.69) is 5.32 Å². The van der Waals surface area contributed by atoms with Gasteiger partial charge in [0.2, 0.25) is 5.09 Å². The van der Waals surface area contributed by atoms with Crippen LogP contribution in [0.5, 0.6) is 5.75 Å². The van der Waals surface area contributed by atoms with Gasteiger partial charge in [0.25, 0.3) is 15.9 Å². The molecule has 146 valence electrons. The molecule has 0 unspecified atom stereocenters. The fourth-order valence-electron chi connectivity index (χ4n) is 2.99. The van der Waals surface area contributed by atoms with Crippen molar-refractivity contribution >= 4 is 15.9 Å². The van der Waals surface area contributed by atoms with Crippen molar-refractivity contribution in [2.24, 2.45) is 0 Å². The third kappa shape index (κ3) is 4.70. The molecule has 1 amide bonds. The number of furan rings is 1. The van der Waals surface area contributed by atoms with Crippen LogP contribution in [0.4, 0.5) is 0 Å². The number of nitrogens with zero attached hydrogens (tertiary/aromatic N) is 1. The molecule has 2 heterocycles. The summed E-state index contributed by atoms with van der Waals surface area (Å²) in [6, 6.07) is 9.78. The van der Waals surface area contributed by atoms with Gasteiger partial charge < -0.3 is 14.5 Å². The number of hydrogen-bond donors (Lipinski definition) is 1. The van der Waals surface area contributed by atoms with Gasteiger partial charge in [-0.3, -0.25) is 4.79 Å². The van der Waals surface area contributed by atoms with Crippen molar-refractivity contribution in [1.82, 2.24) is 9.62 Å². The average molecular weight is 392 g/mol. The Labute approximate surface area is 159 Å². The first-order valence-corrected chi connectivity index (χ1v) is 10.5. The molecule has 1 N–H and O–H groups in total. The van der Waals surface area contributed by atoms with Gasteiger partial charge in [-0.25, -0.2) is 8.42 Å². The summed E-state index contributed by atoms with van der Waals surface area (Å²) in [7, 11) is -2.03. The first-order chi connectivity index (χ1) is 13.0. The highest BCUT2D eigenvalue weighted by Gasteiger charge is 2.28. The summed E-state index contributed by atoms with van der Waals surface area (Å²) in [6.45, 7) is 1.17. The highest BCUT2D eigenvalue weighted by Crippen LogP contribution is 2.23. The van der Waals surface area contributed by atoms with E-state index >= 15 is 0 Å². The number of sulfonamides is 1. The molecule has 0 bridgehead atoms. The zero-order valence-electron chi connectivity index (χ0n) is 15.3. The Kier molecular flexibility index (Phi) is 6.18. The molecule has 1 fully saturated rings. The first-order valence-electron chi connectivity index (χ1n) is 9.04. The summed E-state index contributed by atoms with van der Waals surface area (Å²) < 4.78 is 38.1. The van der Waals surface area contributed by atoms with Crippen molar-refractivity contribution < 1.29 is 22.4 Å². The molecule has 0 radical (unpaired) electrons. The minimum atomic E-state index is -3.60. The number of rotatable bonds is 6. The highest BCUT2D eigenvalue weighted by molar-refractivity contribution is 7.89. The van der Waals surface area contributed by atoms with Gasteiger partial charge in [0.15, 0.2) is 0 Å². The fraction of sp³-hybridized carbons (Fsp3) is 0.421. The predicted octanol–water partition coefficient (Wildman–Crippen LogP) is 2.78. The van der Waals surface area contributed by atoms with E-state index in [1.54, 1.807) is 37.4 Å². The van der Waals surface area contributed by atoms with E-state index in [1.165, 1.54) is 10.4 Å². The van der Waals surface area contributed by atoms with Gasteiger partial charge in [-0.2, -0.15) is 4.31 Å². The standard InChI is InChI=1S/C19H24N2O5S/c1-20-19(22)15-6-8-16(9-7-15)25-14-17-10-11-18(26-17)27(23,24)21-12-4-2-3-5-13-21/h6-11H,2-5,12-14H2,1H3,(H,20,22). The summed E-state index contributed by atoms with van der Waals surface area (Å²) in [4.78, 5) is 11.5. The van der Waals surface area contributed by atoms with Crippen molar-refractivity contribution in [2.45, 2.75) is 37.4 Å². The Morgan fingerprint density at radius 2 is 1.74 bits per heavy atom. The molecule has 0 spiro atoms. The SMILES string of the molecule is CNC(=O)c1ccc(OCc2ccc(S(=O)(=O)N3CCCCCC3)o2)cc1. The van der Waals surface area contributed by atoms with Crippen molar-refractivity contribution in [3.8, 4) is 5.75 Å². The molecule has 1 aliphatic heterocycles. The summed E-state index contributed by atoms with van der Waals surface area (Å²) in [5, 5.41) is 2.51. The van der Waals surface area contributed by atoms with Crippen LogP contribution in [0.2, 0.25) is 0 Å². The number of ether oxygens (including phenoxy) is 1. The Morgan fingerprint density at radius 1 is 1.07 bits per heavy atom. The van der Waals surface area contributed by atoms with E-state index in [1.807, 2.05) is 0 Å². The van der Waals surface area contributed by atoms with Crippen LogP contribution in [-0.4, -0.2) is 38.8 Å². The van der Waals surface area contributed by atoms with Crippen LogP contribution in [-0.2, 0) is 16.6 Å². The second kappa shape index (κ2) is 8.58. The number of carbonyl (C=O) groups excluding carboxylic acids is 1. The van der Waals surface area contributed by atoms with Gasteiger partial charge in [-0.05, 0) is 49.2 Å². The van der Waals surface area contributed by atoms with Gasteiger partial charge >= 0.3 is 0 Å². The molecule has 0 saturated carbocycles. The van der Waals surface area contributed by atoms with Crippen LogP contribution in [0.1, 0.15) is 41.8 Å². The minimum Gasteiger partial charge on any atom is -0.486 e. The summed E-state index contributed by atoms with van der Waals surface area (Å²) >= 11 is 0. The molecule has 0 atom stereocenters. The van der Waals surface area contributed by atoms with Crippen molar-refractivity contribution in [2.75, 3.05) is 20.1 Å². The third-order valence-electron chi connectivity index (χ3n) is 4.52. The van der Waals surface area contributed by atoms with E-state index in [0.29, 0.717) is 30.2 Å². The maximum absolute atomic E-state index is 12.7. The van der Waals surface area contributed by atoms with E-state index in [0.717, 1.165) is 25.7 Å². The number of carbonyl (C=O) groups is 1. The zero-order valence-corrected chi connectivity index (χ0v) is 16.1. The Bertz CT molecular complexity index is 866. The van der Waals surface area contributed by atoms with E-state index < -0.39 is 10.0 Å². The average Bonchev–Trinajstić information content (AvgIpc) is 3.00. The second-order valence-corrected chi connectivity index (χ2v) is 8.30. The zero-order chi connectivity index (χ0) is 19.3. The lowest BCUT2D eigenvalue weighted by Gasteiger charge is -2.17. The molecule has 27 heavy (non-hydrogen) atoms. The van der Waals surface area contributed by atoms with Crippen LogP contribution in [0.3, 0.4) is 0 Å². The van der Waals surface area contributed by atoms with Crippen LogP contribution < -0.4 is 10.1 Å². The Morgan fingerprint density at radius 3 is 2.37 bits per heavy atom. The number of nitrogens with one attached hydrogen (secondary N) is 1. The number of hydrogen-bond acceptors (Lipinski definition) is 5.